The normalized spacial score (nSPS) is 20.1. The van der Waals surface area contributed by atoms with Crippen molar-refractivity contribution >= 4 is 33.5 Å². The Labute approximate surface area is 317 Å². The Hall–Kier alpha value is -2.44. The number of aryl methyl sites for hydroxylation is 1. The number of carboxylic acids is 1. The second kappa shape index (κ2) is 22.1. The number of ether oxygens (including phenoxy) is 2. The molecule has 2 aromatic carbocycles. The van der Waals surface area contributed by atoms with Gasteiger partial charge in [0, 0.05) is 48.6 Å². The van der Waals surface area contributed by atoms with Crippen LogP contribution in [-0.4, -0.2) is 97.4 Å². The molecule has 1 aliphatic heterocycles. The monoisotopic (exact) mass is 760 g/mol. The smallest absolute Gasteiger partial charge is 0.326 e. The number of rotatable bonds is 18. The first-order chi connectivity index (χ1) is 24.7. The standard InChI is InChI=1S/C32H44N2O7S.C9H20S/c1-22-9-7-8-12-27(22)29-17-23(13-14-28(29)31(35)33-30(32(36)37)15-16-42(3,38)39)19-34-20-26(18-24(34)21-40-2)41-25-10-5-4-6-11-25;1-5-7-9(4)10-8(3)6-2/h7-9,12-14,17,24-26,30H,4-6,10-11,15-16,18-21H2,1-3H3,(H,33,35)(H,36,37);8-9H,5-7H2,1-4H3/t24-,26?,30?;/m0./s1. The quantitative estimate of drug-likeness (QED) is 0.156. The number of hydrogen-bond donors (Lipinski definition) is 2. The van der Waals surface area contributed by atoms with Crippen LogP contribution in [-0.2, 0) is 30.7 Å². The number of nitrogens with zero attached hydrogens (tertiary/aromatic N) is 1. The van der Waals surface area contributed by atoms with Crippen LogP contribution in [0.3, 0.4) is 0 Å². The lowest BCUT2D eigenvalue weighted by molar-refractivity contribution is -0.139. The second-order valence-electron chi connectivity index (χ2n) is 14.7. The molecule has 1 saturated heterocycles. The van der Waals surface area contributed by atoms with Crippen molar-refractivity contribution in [2.24, 2.45) is 0 Å². The predicted molar refractivity (Wildman–Crippen MR) is 214 cm³/mol. The first-order valence-corrected chi connectivity index (χ1v) is 22.2. The van der Waals surface area contributed by atoms with E-state index in [0.29, 0.717) is 30.4 Å². The van der Waals surface area contributed by atoms with Crippen molar-refractivity contribution in [3.8, 4) is 11.1 Å². The van der Waals surface area contributed by atoms with E-state index < -0.39 is 27.8 Å². The molecule has 4 unspecified atom stereocenters. The molecule has 2 N–H and O–H groups in total. The molecule has 0 radical (unpaired) electrons. The van der Waals surface area contributed by atoms with Gasteiger partial charge in [0.2, 0.25) is 0 Å². The summed E-state index contributed by atoms with van der Waals surface area (Å²) in [5.41, 5.74) is 3.92. The summed E-state index contributed by atoms with van der Waals surface area (Å²) in [6.45, 7) is 13.2. The third kappa shape index (κ3) is 14.8. The van der Waals surface area contributed by atoms with E-state index >= 15 is 0 Å². The number of sulfone groups is 1. The van der Waals surface area contributed by atoms with Crippen LogP contribution < -0.4 is 5.32 Å². The maximum Gasteiger partial charge on any atom is 0.326 e. The van der Waals surface area contributed by atoms with Gasteiger partial charge in [-0.05, 0) is 79.8 Å². The van der Waals surface area contributed by atoms with Gasteiger partial charge in [-0.25, -0.2) is 13.2 Å². The van der Waals surface area contributed by atoms with Gasteiger partial charge in [-0.1, -0.05) is 83.7 Å². The van der Waals surface area contributed by atoms with E-state index in [1.165, 1.54) is 38.5 Å². The largest absolute Gasteiger partial charge is 0.480 e. The van der Waals surface area contributed by atoms with E-state index in [-0.39, 0.29) is 24.3 Å². The molecule has 0 spiro atoms. The van der Waals surface area contributed by atoms with Crippen molar-refractivity contribution in [1.82, 2.24) is 10.2 Å². The number of carboxylic acid groups (broad SMARTS) is 1. The number of thioether (sulfide) groups is 1. The highest BCUT2D eigenvalue weighted by Crippen LogP contribution is 2.32. The number of aliphatic carboxylic acids is 1. The minimum atomic E-state index is -3.39. The highest BCUT2D eigenvalue weighted by molar-refractivity contribution is 8.00. The second-order valence-corrected chi connectivity index (χ2v) is 18.9. The van der Waals surface area contributed by atoms with Crippen LogP contribution in [0.2, 0.25) is 0 Å². The van der Waals surface area contributed by atoms with E-state index in [1.54, 1.807) is 13.2 Å². The first kappa shape index (κ1) is 44.0. The fraction of sp³-hybridized carbons (Fsp3) is 0.659. The van der Waals surface area contributed by atoms with E-state index in [2.05, 4.69) is 49.7 Å². The summed E-state index contributed by atoms with van der Waals surface area (Å²) in [6.07, 6.45) is 12.3. The van der Waals surface area contributed by atoms with Crippen molar-refractivity contribution in [3.05, 3.63) is 59.2 Å². The van der Waals surface area contributed by atoms with Gasteiger partial charge in [0.05, 0.1) is 24.6 Å². The number of hydrogen-bond acceptors (Lipinski definition) is 8. The molecule has 9 nitrogen and oxygen atoms in total. The molecule has 2 fully saturated rings. The van der Waals surface area contributed by atoms with Gasteiger partial charge in [-0.15, -0.1) is 0 Å². The third-order valence-corrected chi connectivity index (χ3v) is 12.5. The minimum Gasteiger partial charge on any atom is -0.480 e. The van der Waals surface area contributed by atoms with E-state index in [9.17, 15) is 23.1 Å². The maximum absolute atomic E-state index is 13.4. The average molecular weight is 761 g/mol. The van der Waals surface area contributed by atoms with E-state index in [1.807, 2.05) is 43.3 Å². The number of likely N-dealkylation sites (tertiary alicyclic amines) is 1. The number of carbonyl (C=O) groups excluding carboxylic acids is 1. The molecule has 4 rings (SSSR count). The van der Waals surface area contributed by atoms with Gasteiger partial charge in [-0.2, -0.15) is 11.8 Å². The fourth-order valence-electron chi connectivity index (χ4n) is 7.08. The molecule has 1 heterocycles. The topological polar surface area (TPSA) is 122 Å². The lowest BCUT2D eigenvalue weighted by Gasteiger charge is -2.26. The van der Waals surface area contributed by atoms with Gasteiger partial charge < -0.3 is 19.9 Å². The minimum absolute atomic E-state index is 0.161. The summed E-state index contributed by atoms with van der Waals surface area (Å²) in [5, 5.41) is 13.9. The van der Waals surface area contributed by atoms with E-state index in [0.717, 1.165) is 59.3 Å². The molecule has 52 heavy (non-hydrogen) atoms. The summed E-state index contributed by atoms with van der Waals surface area (Å²) in [6, 6.07) is 12.3. The van der Waals surface area contributed by atoms with Crippen LogP contribution in [0, 0.1) is 6.92 Å². The van der Waals surface area contributed by atoms with Crippen LogP contribution in [0.4, 0.5) is 0 Å². The zero-order chi connectivity index (χ0) is 38.3. The SMILES string of the molecule is CCCC(C)SC(C)CC.COC[C@@H]1CC(OC2CCCCC2)CN1Cc1ccc(C(=O)NC(CCS(C)(=O)=O)C(=O)O)c(-c2ccccc2C)c1. The summed E-state index contributed by atoms with van der Waals surface area (Å²) in [5.74, 6) is -2.16. The zero-order valence-electron chi connectivity index (χ0n) is 32.6. The Morgan fingerprint density at radius 3 is 2.33 bits per heavy atom. The third-order valence-electron chi connectivity index (χ3n) is 10.1. The molecule has 2 aromatic rings. The van der Waals surface area contributed by atoms with Crippen molar-refractivity contribution in [3.63, 3.8) is 0 Å². The molecule has 11 heteroatoms. The number of benzene rings is 2. The fourth-order valence-corrected chi connectivity index (χ4v) is 9.10. The van der Waals surface area contributed by atoms with Crippen LogP contribution in [0.15, 0.2) is 42.5 Å². The number of methoxy groups -OCH3 is 1. The molecule has 5 atom stereocenters. The van der Waals surface area contributed by atoms with Gasteiger partial charge in [0.15, 0.2) is 0 Å². The summed E-state index contributed by atoms with van der Waals surface area (Å²) in [4.78, 5) is 27.7. The highest BCUT2D eigenvalue weighted by atomic mass is 32.2. The van der Waals surface area contributed by atoms with Crippen molar-refractivity contribution in [2.75, 3.05) is 32.3 Å². The molecular weight excluding hydrogens is 697 g/mol. The lowest BCUT2D eigenvalue weighted by Crippen LogP contribution is -2.42. The maximum atomic E-state index is 13.4. The predicted octanol–water partition coefficient (Wildman–Crippen LogP) is 7.93. The van der Waals surface area contributed by atoms with Crippen LogP contribution in [0.1, 0.15) is 113 Å². The Morgan fingerprint density at radius 1 is 1.00 bits per heavy atom. The average Bonchev–Trinajstić information content (AvgIpc) is 3.46. The molecule has 0 aromatic heterocycles. The highest BCUT2D eigenvalue weighted by Gasteiger charge is 2.34. The van der Waals surface area contributed by atoms with Crippen LogP contribution >= 0.6 is 11.8 Å². The zero-order valence-corrected chi connectivity index (χ0v) is 34.2. The van der Waals surface area contributed by atoms with Gasteiger partial charge >= 0.3 is 5.97 Å². The summed E-state index contributed by atoms with van der Waals surface area (Å²) >= 11 is 2.12. The summed E-state index contributed by atoms with van der Waals surface area (Å²) in [7, 11) is -1.67. The summed E-state index contributed by atoms with van der Waals surface area (Å²) < 4.78 is 35.3. The lowest BCUT2D eigenvalue weighted by atomic mass is 9.93. The molecule has 292 valence electrons. The molecule has 0 bridgehead atoms. The number of amides is 1. The van der Waals surface area contributed by atoms with E-state index in [4.69, 9.17) is 9.47 Å². The van der Waals surface area contributed by atoms with Crippen molar-refractivity contribution in [2.45, 2.75) is 140 Å². The molecule has 1 amide bonds. The van der Waals surface area contributed by atoms with Gasteiger partial charge in [0.1, 0.15) is 15.9 Å². The Balaban J connectivity index is 0.000000636. The first-order valence-electron chi connectivity index (χ1n) is 19.2. The Bertz CT molecular complexity index is 1510. The van der Waals surface area contributed by atoms with Crippen molar-refractivity contribution < 1.29 is 32.6 Å². The molecule has 1 aliphatic carbocycles. The van der Waals surface area contributed by atoms with Gasteiger partial charge in [0.25, 0.3) is 5.91 Å². The van der Waals surface area contributed by atoms with Crippen LogP contribution in [0.25, 0.3) is 11.1 Å². The Morgan fingerprint density at radius 2 is 1.71 bits per heavy atom. The van der Waals surface area contributed by atoms with Crippen molar-refractivity contribution in [1.29, 1.82) is 0 Å². The number of nitrogens with one attached hydrogen (secondary N) is 1. The molecular formula is C41H64N2O7S2. The molecule has 1 saturated carbocycles. The Kier molecular flexibility index (Phi) is 18.7. The molecule has 2 aliphatic rings. The number of carbonyl (C=O) groups is 2. The van der Waals surface area contributed by atoms with Gasteiger partial charge in [-0.3, -0.25) is 9.69 Å². The van der Waals surface area contributed by atoms with Crippen LogP contribution in [0.5, 0.6) is 0 Å².